The van der Waals surface area contributed by atoms with Crippen LogP contribution in [0.5, 0.6) is 0 Å². The first kappa shape index (κ1) is 16.7. The van der Waals surface area contributed by atoms with Crippen LogP contribution < -0.4 is 5.32 Å². The molecule has 1 heterocycles. The fraction of sp³-hybridized carbons (Fsp3) is 0.562. The molecule has 0 saturated carbocycles. The second-order valence-corrected chi connectivity index (χ2v) is 5.60. The number of hydrogen-bond donors (Lipinski definition) is 2. The number of aryl methyl sites for hydroxylation is 1. The van der Waals surface area contributed by atoms with Crippen molar-refractivity contribution < 1.29 is 19.0 Å². The van der Waals surface area contributed by atoms with Crippen LogP contribution >= 0.6 is 0 Å². The fourth-order valence-electron chi connectivity index (χ4n) is 2.62. The summed E-state index contributed by atoms with van der Waals surface area (Å²) in [4.78, 5) is 14.0. The van der Waals surface area contributed by atoms with Crippen LogP contribution in [-0.4, -0.2) is 47.9 Å². The number of anilines is 1. The third kappa shape index (κ3) is 4.18. The van der Waals surface area contributed by atoms with E-state index in [9.17, 15) is 14.3 Å². The number of aliphatic hydroxyl groups excluding tert-OH is 1. The molecule has 2 atom stereocenters. The number of nitrogens with zero attached hydrogens (tertiary/aromatic N) is 1. The lowest BCUT2D eigenvalue weighted by atomic mass is 10.1. The number of aliphatic hydroxyl groups is 1. The van der Waals surface area contributed by atoms with Crippen molar-refractivity contribution in [1.29, 1.82) is 0 Å². The van der Waals surface area contributed by atoms with Crippen molar-refractivity contribution >= 4 is 11.7 Å². The third-order valence-electron chi connectivity index (χ3n) is 3.79. The van der Waals surface area contributed by atoms with Crippen molar-refractivity contribution in [2.24, 2.45) is 0 Å². The van der Waals surface area contributed by atoms with E-state index in [2.05, 4.69) is 5.32 Å². The van der Waals surface area contributed by atoms with Gasteiger partial charge in [0.05, 0.1) is 25.4 Å². The van der Waals surface area contributed by atoms with Crippen molar-refractivity contribution in [3.63, 3.8) is 0 Å². The Bertz CT molecular complexity index is 522. The van der Waals surface area contributed by atoms with Gasteiger partial charge in [0.25, 0.3) is 0 Å². The van der Waals surface area contributed by atoms with Gasteiger partial charge in [0.2, 0.25) is 0 Å². The van der Waals surface area contributed by atoms with Crippen molar-refractivity contribution in [1.82, 2.24) is 4.90 Å². The maximum atomic E-state index is 13.8. The summed E-state index contributed by atoms with van der Waals surface area (Å²) >= 11 is 0. The lowest BCUT2D eigenvalue weighted by molar-refractivity contribution is -0.00160. The van der Waals surface area contributed by atoms with E-state index >= 15 is 0 Å². The quantitative estimate of drug-likeness (QED) is 0.897. The first-order valence-electron chi connectivity index (χ1n) is 7.63. The third-order valence-corrected chi connectivity index (χ3v) is 3.79. The monoisotopic (exact) mass is 310 g/mol. The molecule has 1 aliphatic rings. The Hall–Kier alpha value is -1.66. The highest BCUT2D eigenvalue weighted by Crippen LogP contribution is 2.18. The zero-order chi connectivity index (χ0) is 16.1. The van der Waals surface area contributed by atoms with Crippen LogP contribution in [0.15, 0.2) is 18.2 Å². The summed E-state index contributed by atoms with van der Waals surface area (Å²) in [5, 5.41) is 12.2. The summed E-state index contributed by atoms with van der Waals surface area (Å²) in [5.74, 6) is -0.317. The Morgan fingerprint density at radius 1 is 1.59 bits per heavy atom. The molecule has 0 aromatic heterocycles. The first-order chi connectivity index (χ1) is 10.5. The van der Waals surface area contributed by atoms with E-state index in [0.717, 1.165) is 0 Å². The van der Waals surface area contributed by atoms with Gasteiger partial charge < -0.3 is 20.1 Å². The molecule has 2 rings (SSSR count). The number of morpholine rings is 1. The molecule has 0 radical (unpaired) electrons. The average molecular weight is 310 g/mol. The minimum Gasteiger partial charge on any atom is -0.393 e. The van der Waals surface area contributed by atoms with Crippen molar-refractivity contribution in [3.8, 4) is 0 Å². The van der Waals surface area contributed by atoms with Gasteiger partial charge in [-0.15, -0.1) is 0 Å². The Morgan fingerprint density at radius 2 is 2.36 bits per heavy atom. The molecule has 6 heteroatoms. The molecule has 5 nitrogen and oxygen atoms in total. The van der Waals surface area contributed by atoms with E-state index < -0.39 is 6.10 Å². The average Bonchev–Trinajstić information content (AvgIpc) is 2.47. The van der Waals surface area contributed by atoms with E-state index in [1.807, 2.05) is 6.92 Å². The van der Waals surface area contributed by atoms with Gasteiger partial charge in [0.15, 0.2) is 0 Å². The minimum atomic E-state index is -0.511. The Labute approximate surface area is 130 Å². The van der Waals surface area contributed by atoms with Crippen LogP contribution in [0.2, 0.25) is 0 Å². The van der Waals surface area contributed by atoms with E-state index in [0.29, 0.717) is 43.9 Å². The van der Waals surface area contributed by atoms with Crippen LogP contribution in [0.25, 0.3) is 0 Å². The van der Waals surface area contributed by atoms with E-state index in [-0.39, 0.29) is 17.9 Å². The van der Waals surface area contributed by atoms with Crippen LogP contribution in [0, 0.1) is 5.82 Å². The SMILES string of the molecule is CCc1ccc(NC(=O)N2CCOC[C@H]2C[C@H](C)O)cc1F. The van der Waals surface area contributed by atoms with E-state index in [1.54, 1.807) is 24.0 Å². The van der Waals surface area contributed by atoms with Gasteiger partial charge in [-0.3, -0.25) is 0 Å². The van der Waals surface area contributed by atoms with Gasteiger partial charge in [-0.25, -0.2) is 9.18 Å². The molecule has 22 heavy (non-hydrogen) atoms. The molecule has 0 spiro atoms. The highest BCUT2D eigenvalue weighted by molar-refractivity contribution is 5.89. The lowest BCUT2D eigenvalue weighted by Gasteiger charge is -2.36. The van der Waals surface area contributed by atoms with E-state index in [1.165, 1.54) is 6.07 Å². The summed E-state index contributed by atoms with van der Waals surface area (Å²) in [6.45, 7) is 4.89. The summed E-state index contributed by atoms with van der Waals surface area (Å²) in [6.07, 6.45) is 0.555. The Morgan fingerprint density at radius 3 is 3.00 bits per heavy atom. The van der Waals surface area contributed by atoms with Crippen LogP contribution in [-0.2, 0) is 11.2 Å². The maximum Gasteiger partial charge on any atom is 0.322 e. The molecule has 1 aliphatic heterocycles. The Kier molecular flexibility index (Phi) is 5.74. The molecule has 122 valence electrons. The molecule has 0 aliphatic carbocycles. The van der Waals surface area contributed by atoms with Crippen molar-refractivity contribution in [2.75, 3.05) is 25.1 Å². The lowest BCUT2D eigenvalue weighted by Crippen LogP contribution is -2.51. The highest BCUT2D eigenvalue weighted by Gasteiger charge is 2.28. The molecule has 0 unspecified atom stereocenters. The van der Waals surface area contributed by atoms with Gasteiger partial charge in [0, 0.05) is 12.2 Å². The smallest absolute Gasteiger partial charge is 0.322 e. The molecular formula is C16H23FN2O3. The second kappa shape index (κ2) is 7.56. The van der Waals surface area contributed by atoms with Crippen molar-refractivity contribution in [3.05, 3.63) is 29.6 Å². The zero-order valence-electron chi connectivity index (χ0n) is 13.0. The molecule has 1 aromatic carbocycles. The van der Waals surface area contributed by atoms with Gasteiger partial charge in [-0.2, -0.15) is 0 Å². The molecule has 1 aromatic rings. The predicted octanol–water partition coefficient (Wildman–Crippen LogP) is 2.39. The van der Waals surface area contributed by atoms with Gasteiger partial charge in [0.1, 0.15) is 5.82 Å². The summed E-state index contributed by atoms with van der Waals surface area (Å²) in [7, 11) is 0. The number of carbonyl (C=O) groups is 1. The standard InChI is InChI=1S/C16H23FN2O3/c1-3-12-4-5-13(9-15(12)17)18-16(21)19-6-7-22-10-14(19)8-11(2)20/h4-5,9,11,14,20H,3,6-8,10H2,1-2H3,(H,18,21)/t11-,14+/m0/s1. The van der Waals surface area contributed by atoms with Crippen LogP contribution in [0.3, 0.4) is 0 Å². The summed E-state index contributed by atoms with van der Waals surface area (Å²) < 4.78 is 19.1. The fourth-order valence-corrected chi connectivity index (χ4v) is 2.62. The largest absolute Gasteiger partial charge is 0.393 e. The van der Waals surface area contributed by atoms with Gasteiger partial charge >= 0.3 is 6.03 Å². The normalized spacial score (nSPS) is 19.8. The maximum absolute atomic E-state index is 13.8. The van der Waals surface area contributed by atoms with Gasteiger partial charge in [-0.05, 0) is 37.5 Å². The first-order valence-corrected chi connectivity index (χ1v) is 7.63. The topological polar surface area (TPSA) is 61.8 Å². The second-order valence-electron chi connectivity index (χ2n) is 5.60. The number of urea groups is 1. The number of nitrogens with one attached hydrogen (secondary N) is 1. The van der Waals surface area contributed by atoms with Crippen LogP contribution in [0.4, 0.5) is 14.9 Å². The number of amides is 2. The summed E-state index contributed by atoms with van der Waals surface area (Å²) in [5.41, 5.74) is 1.05. The molecule has 2 amide bonds. The summed E-state index contributed by atoms with van der Waals surface area (Å²) in [6, 6.07) is 4.24. The van der Waals surface area contributed by atoms with Gasteiger partial charge in [-0.1, -0.05) is 13.0 Å². The zero-order valence-corrected chi connectivity index (χ0v) is 13.0. The molecular weight excluding hydrogens is 287 g/mol. The minimum absolute atomic E-state index is 0.173. The number of benzene rings is 1. The number of halogens is 1. The molecule has 0 bridgehead atoms. The number of carbonyl (C=O) groups excluding carboxylic acids is 1. The number of rotatable bonds is 4. The van der Waals surface area contributed by atoms with Crippen molar-refractivity contribution in [2.45, 2.75) is 38.8 Å². The molecule has 2 N–H and O–H groups in total. The number of hydrogen-bond acceptors (Lipinski definition) is 3. The van der Waals surface area contributed by atoms with E-state index in [4.69, 9.17) is 4.74 Å². The predicted molar refractivity (Wildman–Crippen MR) is 82.4 cm³/mol. The van der Waals surface area contributed by atoms with Crippen LogP contribution in [0.1, 0.15) is 25.8 Å². The molecule has 1 fully saturated rings. The Balaban J connectivity index is 2.04. The highest BCUT2D eigenvalue weighted by atomic mass is 19.1. The number of ether oxygens (including phenoxy) is 1. The molecule has 1 saturated heterocycles.